The molecule has 5 heterocycles. The standard InChI is InChI=1S/2C22H32BF3N2O3.3C22H35BN2O4/c2*1-15(29)21(27,10-2-3-11-23(30)31)17-8-12-28(13-9-17)20-7-4-16-14-18(22(24,25)26)5-6-19(16)20;1-16-7-8-17-5-4-6-20(19(17)15-16)25-13-9-18(10-14-25)22(24,21(26)27)11-2-3-12-23(28)29;2*24-22(21(26)27,13-5-6-14-23(28)29)18-11-15-25(16-12-18)20-10-4-2-8-17-7-1-3-9-19(17)20/h2*5-6,14,17,20,30-31H,2-4,7-13,27H2,1H3;7-8,15,18,20,28-29H,2-6,9-14,24H2,1H3,(H,26,27);2*1,3,7,9,18,20,28-29H,2,4-6,8,10-16,24H2,(H,26,27)/t2*20?,21-;3*20?,22-/m10110/s1. The van der Waals surface area contributed by atoms with Crippen LogP contribution in [0.25, 0.3) is 0 Å². The number of carboxylic acids is 3. The van der Waals surface area contributed by atoms with Crippen molar-refractivity contribution in [3.05, 3.63) is 175 Å². The molecule has 39 heteroatoms. The van der Waals surface area contributed by atoms with Crippen LogP contribution in [0.15, 0.2) is 103 Å². The maximum atomic E-state index is 13.0. The van der Waals surface area contributed by atoms with E-state index in [9.17, 15) is 65.6 Å². The number of fused-ring (bicyclic) bond motifs is 5. The van der Waals surface area contributed by atoms with Crippen LogP contribution >= 0.6 is 0 Å². The topological polar surface area (TPSA) is 495 Å². The summed E-state index contributed by atoms with van der Waals surface area (Å²) in [7, 11) is -6.68. The van der Waals surface area contributed by atoms with Crippen LogP contribution in [-0.2, 0) is 68.4 Å². The molecule has 149 heavy (non-hydrogen) atoms. The minimum absolute atomic E-state index is 0.0404. The van der Waals surface area contributed by atoms with Crippen molar-refractivity contribution in [2.45, 2.75) is 379 Å². The third-order valence-corrected chi connectivity index (χ3v) is 35.3. The number of ketones is 2. The number of nitrogens with two attached hydrogens (primary N) is 5. The first-order chi connectivity index (χ1) is 70.7. The average molecular weight is 2090 g/mol. The summed E-state index contributed by atoms with van der Waals surface area (Å²) in [6.07, 6.45) is 24.7. The number of carbonyl (C=O) groups is 5. The number of rotatable bonds is 40. The van der Waals surface area contributed by atoms with Gasteiger partial charge in [0.05, 0.1) is 22.2 Å². The predicted octanol–water partition coefficient (Wildman–Crippen LogP) is 14.4. The molecule has 824 valence electrons. The highest BCUT2D eigenvalue weighted by molar-refractivity contribution is 6.42. The number of carboxylic acid groups (broad SMARTS) is 3. The average Bonchev–Trinajstić information content (AvgIpc) is 1.60. The van der Waals surface area contributed by atoms with Gasteiger partial charge in [0, 0.05) is 30.2 Å². The molecule has 0 aromatic heterocycles. The summed E-state index contributed by atoms with van der Waals surface area (Å²) >= 11 is 0. The summed E-state index contributed by atoms with van der Waals surface area (Å²) in [6.45, 7) is 13.5. The Morgan fingerprint density at radius 2 is 0.537 bits per heavy atom. The molecule has 5 aliphatic carbocycles. The molecule has 0 bridgehead atoms. The molecule has 0 saturated carbocycles. The lowest BCUT2D eigenvalue weighted by Crippen LogP contribution is -2.57. The van der Waals surface area contributed by atoms with Crippen molar-refractivity contribution in [3.8, 4) is 0 Å². The molecule has 5 aromatic rings. The zero-order valence-electron chi connectivity index (χ0n) is 88.1. The Balaban J connectivity index is 0.000000177. The van der Waals surface area contributed by atoms with Gasteiger partial charge in [-0.15, -0.1) is 0 Å². The van der Waals surface area contributed by atoms with Crippen LogP contribution in [0.3, 0.4) is 0 Å². The van der Waals surface area contributed by atoms with Crippen molar-refractivity contribution in [3.63, 3.8) is 0 Å². The number of alkyl halides is 6. The van der Waals surface area contributed by atoms with E-state index in [0.29, 0.717) is 127 Å². The number of halogens is 6. The van der Waals surface area contributed by atoms with Gasteiger partial charge in [-0.3, -0.25) is 48.5 Å². The lowest BCUT2D eigenvalue weighted by Gasteiger charge is -2.44. The normalized spacial score (nSPS) is 22.6. The highest BCUT2D eigenvalue weighted by Gasteiger charge is 2.51. The van der Waals surface area contributed by atoms with Gasteiger partial charge in [0.1, 0.15) is 28.2 Å². The number of hydrogen-bond acceptors (Lipinski definition) is 25. The molecule has 0 spiro atoms. The molecule has 10 aliphatic rings. The molecule has 5 saturated heterocycles. The summed E-state index contributed by atoms with van der Waals surface area (Å²) in [5, 5.41) is 119. The van der Waals surface area contributed by atoms with E-state index in [0.717, 1.165) is 203 Å². The lowest BCUT2D eigenvalue weighted by atomic mass is 9.72. The maximum absolute atomic E-state index is 13.0. The van der Waals surface area contributed by atoms with Gasteiger partial charge in [-0.2, -0.15) is 26.3 Å². The van der Waals surface area contributed by atoms with E-state index in [1.54, 1.807) is 12.1 Å². The van der Waals surface area contributed by atoms with Crippen LogP contribution in [-0.4, -0.2) is 248 Å². The van der Waals surface area contributed by atoms with Crippen LogP contribution in [0.4, 0.5) is 26.3 Å². The molecule has 5 unspecified atom stereocenters. The number of aliphatic carboxylic acids is 3. The van der Waals surface area contributed by atoms with Crippen LogP contribution < -0.4 is 28.7 Å². The SMILES string of the molecule is CC(=O)[C@@](N)(CCCCB(O)O)C1CCN(C2CCc3cc(C(F)(F)F)ccc32)CC1.CC(=O)[C@](N)(CCCCB(O)O)C1CCN(C2CCc3cc(C(F)(F)F)ccc32)CC1.Cc1ccc2c(c1)C(N1CCC([C@](N)(CCCCB(O)O)C(=O)O)CC1)CCC2.N[C@@](CCCCB(O)O)(C(=O)O)C1CCN(C2CCCCc3ccccc32)CC1.N[C@](CCCCB(O)O)(C(=O)O)C1CCN(C2CCCCc3ccccc32)CC1. The molecule has 15 rings (SSSR count). The Labute approximate surface area is 879 Å². The van der Waals surface area contributed by atoms with Crippen molar-refractivity contribution in [1.29, 1.82) is 0 Å². The zero-order chi connectivity index (χ0) is 108. The van der Waals surface area contributed by atoms with E-state index < -0.39 is 105 Å². The largest absolute Gasteiger partial charge is 0.480 e. The van der Waals surface area contributed by atoms with Crippen LogP contribution in [0.5, 0.6) is 0 Å². The van der Waals surface area contributed by atoms with Crippen LogP contribution in [0.1, 0.15) is 341 Å². The highest BCUT2D eigenvalue weighted by Crippen LogP contribution is 2.49. The number of piperidine rings is 5. The van der Waals surface area contributed by atoms with Crippen molar-refractivity contribution < 1.29 is 116 Å². The predicted molar refractivity (Wildman–Crippen MR) is 570 cm³/mol. The van der Waals surface area contributed by atoms with Crippen molar-refractivity contribution >= 4 is 65.1 Å². The summed E-state index contributed by atoms with van der Waals surface area (Å²) in [5.74, 6) is -2.91. The fourth-order valence-corrected chi connectivity index (χ4v) is 26.3. The summed E-state index contributed by atoms with van der Waals surface area (Å²) in [6, 6.07) is 34.0. The van der Waals surface area contributed by atoms with E-state index in [1.165, 1.54) is 109 Å². The van der Waals surface area contributed by atoms with Gasteiger partial charge in [-0.25, -0.2) is 0 Å². The van der Waals surface area contributed by atoms with E-state index in [1.807, 2.05) is 0 Å². The van der Waals surface area contributed by atoms with Gasteiger partial charge in [-0.05, 0) is 407 Å². The number of carbonyl (C=O) groups excluding carboxylic acids is 2. The first-order valence-electron chi connectivity index (χ1n) is 55.5. The fourth-order valence-electron chi connectivity index (χ4n) is 26.3. The number of hydrogen-bond donors (Lipinski definition) is 18. The van der Waals surface area contributed by atoms with E-state index >= 15 is 0 Å². The third-order valence-electron chi connectivity index (χ3n) is 35.3. The molecule has 5 aliphatic heterocycles. The molecule has 0 amide bonds. The first-order valence-corrected chi connectivity index (χ1v) is 55.5. The monoisotopic (exact) mass is 2090 g/mol. The maximum Gasteiger partial charge on any atom is 0.451 e. The van der Waals surface area contributed by atoms with Crippen molar-refractivity contribution in [1.82, 2.24) is 24.5 Å². The number of nitrogens with zero attached hydrogens (tertiary/aromatic N) is 5. The molecular formula is C110H169B5F6N10O18. The second-order valence-corrected chi connectivity index (χ2v) is 44.9. The fraction of sp³-hybridized carbons (Fsp3) is 0.682. The van der Waals surface area contributed by atoms with Gasteiger partial charge in [0.25, 0.3) is 0 Å². The second-order valence-electron chi connectivity index (χ2n) is 44.9. The summed E-state index contributed by atoms with van der Waals surface area (Å²) < 4.78 is 78.0. The minimum atomic E-state index is -4.32. The van der Waals surface area contributed by atoms with Gasteiger partial charge in [-0.1, -0.05) is 161 Å². The number of Topliss-reactive ketones (excluding diaryl/α,β-unsaturated/α-hetero) is 2. The van der Waals surface area contributed by atoms with Crippen LogP contribution in [0.2, 0.25) is 31.6 Å². The Kier molecular flexibility index (Phi) is 46.4. The summed E-state index contributed by atoms with van der Waals surface area (Å²) in [5.41, 5.74) is 39.2. The quantitative estimate of drug-likeness (QED) is 0.00749. The number of benzene rings is 5. The van der Waals surface area contributed by atoms with Gasteiger partial charge >= 0.3 is 65.9 Å². The number of unbranched alkanes of at least 4 members (excludes halogenated alkanes) is 5. The summed E-state index contributed by atoms with van der Waals surface area (Å²) in [4.78, 5) is 73.0. The van der Waals surface area contributed by atoms with Gasteiger partial charge in [0.15, 0.2) is 0 Å². The molecule has 23 N–H and O–H groups in total. The Hall–Kier alpha value is -7.05. The molecule has 5 aromatic carbocycles. The molecule has 28 nitrogen and oxygen atoms in total. The third kappa shape index (κ3) is 33.3. The highest BCUT2D eigenvalue weighted by atomic mass is 19.4. The molecular weight excluding hydrogens is 1920 g/mol. The minimum Gasteiger partial charge on any atom is -0.480 e. The van der Waals surface area contributed by atoms with Crippen molar-refractivity contribution in [2.75, 3.05) is 65.4 Å². The number of aryl methyl sites for hydroxylation is 6. The second kappa shape index (κ2) is 56.6. The van der Waals surface area contributed by atoms with E-state index in [-0.39, 0.29) is 84.8 Å². The van der Waals surface area contributed by atoms with Crippen molar-refractivity contribution in [2.24, 2.45) is 58.3 Å². The molecule has 5 fully saturated rings. The smallest absolute Gasteiger partial charge is 0.451 e. The Bertz CT molecular complexity index is 4800. The number of likely N-dealkylation sites (tertiary alicyclic amines) is 5. The van der Waals surface area contributed by atoms with Gasteiger partial charge in [0.2, 0.25) is 0 Å². The first kappa shape index (κ1) is 122. The van der Waals surface area contributed by atoms with E-state index in [2.05, 4.69) is 98.2 Å². The van der Waals surface area contributed by atoms with E-state index in [4.69, 9.17) is 78.9 Å². The zero-order valence-corrected chi connectivity index (χ0v) is 88.1. The van der Waals surface area contributed by atoms with Crippen LogP contribution in [0, 0.1) is 36.5 Å². The van der Waals surface area contributed by atoms with Gasteiger partial charge < -0.3 is 94.2 Å². The molecule has 0 radical (unpaired) electrons. The molecule has 10 atom stereocenters. The Morgan fingerprint density at radius 1 is 0.289 bits per heavy atom. The Morgan fingerprint density at radius 3 is 0.819 bits per heavy atom. The lowest BCUT2D eigenvalue weighted by molar-refractivity contribution is -0.148.